The van der Waals surface area contributed by atoms with E-state index in [9.17, 15) is 4.79 Å². The number of esters is 1. The van der Waals surface area contributed by atoms with Crippen LogP contribution in [0.15, 0.2) is 34.2 Å². The maximum absolute atomic E-state index is 12.2. The van der Waals surface area contributed by atoms with E-state index in [0.717, 1.165) is 29.0 Å². The lowest BCUT2D eigenvalue weighted by Gasteiger charge is -2.36. The molecule has 0 amide bonds. The summed E-state index contributed by atoms with van der Waals surface area (Å²) in [6, 6.07) is 7.64. The third-order valence-corrected chi connectivity index (χ3v) is 6.12. The summed E-state index contributed by atoms with van der Waals surface area (Å²) in [5.41, 5.74) is 2.14. The van der Waals surface area contributed by atoms with Gasteiger partial charge in [-0.25, -0.2) is 0 Å². The average Bonchev–Trinajstić information content (AvgIpc) is 3.46. The van der Waals surface area contributed by atoms with Crippen LogP contribution in [0.4, 0.5) is 0 Å². The standard InChI is InChI=1S/C21H23N3O5S/c1-26-16-9-13-6-7-24(12-19-22-21(23-29-19)18-5-4-8-30-18)15(11-20(25)28-3)14(13)10-17(16)27-2/h4-5,8-10,15H,6-7,11-12H2,1-3H3. The summed E-state index contributed by atoms with van der Waals surface area (Å²) in [7, 11) is 4.62. The Morgan fingerprint density at radius 2 is 2.07 bits per heavy atom. The molecule has 1 aromatic carbocycles. The van der Waals surface area contributed by atoms with Crippen molar-refractivity contribution in [1.82, 2.24) is 15.0 Å². The van der Waals surface area contributed by atoms with E-state index in [1.54, 1.807) is 25.6 Å². The molecule has 158 valence electrons. The van der Waals surface area contributed by atoms with Gasteiger partial charge in [0.1, 0.15) is 0 Å². The normalized spacial score (nSPS) is 16.2. The summed E-state index contributed by atoms with van der Waals surface area (Å²) >= 11 is 1.56. The molecule has 0 N–H and O–H groups in total. The van der Waals surface area contributed by atoms with Crippen LogP contribution in [0, 0.1) is 0 Å². The number of fused-ring (bicyclic) bond motifs is 1. The molecule has 0 saturated heterocycles. The zero-order valence-corrected chi connectivity index (χ0v) is 17.9. The highest BCUT2D eigenvalue weighted by atomic mass is 32.1. The number of aromatic nitrogens is 2. The van der Waals surface area contributed by atoms with Gasteiger partial charge in [-0.05, 0) is 41.1 Å². The molecule has 3 heterocycles. The van der Waals surface area contributed by atoms with Crippen molar-refractivity contribution >= 4 is 17.3 Å². The number of carbonyl (C=O) groups excluding carboxylic acids is 1. The van der Waals surface area contributed by atoms with Gasteiger partial charge in [0, 0.05) is 12.6 Å². The van der Waals surface area contributed by atoms with E-state index < -0.39 is 0 Å². The van der Waals surface area contributed by atoms with Gasteiger partial charge < -0.3 is 18.7 Å². The molecule has 1 aliphatic rings. The Labute approximate surface area is 178 Å². The summed E-state index contributed by atoms with van der Waals surface area (Å²) in [4.78, 5) is 19.8. The Balaban J connectivity index is 1.63. The van der Waals surface area contributed by atoms with Gasteiger partial charge >= 0.3 is 5.97 Å². The SMILES string of the molecule is COC(=O)CC1c2cc(OC)c(OC)cc2CCN1Cc1nc(-c2cccs2)no1. The number of hydrogen-bond donors (Lipinski definition) is 0. The van der Waals surface area contributed by atoms with Gasteiger partial charge in [-0.15, -0.1) is 11.3 Å². The highest BCUT2D eigenvalue weighted by Gasteiger charge is 2.32. The Morgan fingerprint density at radius 1 is 1.27 bits per heavy atom. The number of thiophene rings is 1. The molecule has 0 saturated carbocycles. The van der Waals surface area contributed by atoms with E-state index in [2.05, 4.69) is 15.0 Å². The molecule has 0 bridgehead atoms. The van der Waals surface area contributed by atoms with Gasteiger partial charge in [0.05, 0.1) is 39.2 Å². The van der Waals surface area contributed by atoms with E-state index in [4.69, 9.17) is 18.7 Å². The number of methoxy groups -OCH3 is 3. The second-order valence-corrected chi connectivity index (χ2v) is 7.86. The molecule has 2 aromatic heterocycles. The van der Waals surface area contributed by atoms with Crippen LogP contribution < -0.4 is 9.47 Å². The summed E-state index contributed by atoms with van der Waals surface area (Å²) in [5.74, 6) is 2.12. The predicted octanol–water partition coefficient (Wildman–Crippen LogP) is 3.48. The van der Waals surface area contributed by atoms with Crippen LogP contribution in [0.2, 0.25) is 0 Å². The van der Waals surface area contributed by atoms with Crippen molar-refractivity contribution in [3.8, 4) is 22.2 Å². The molecule has 30 heavy (non-hydrogen) atoms. The summed E-state index contributed by atoms with van der Waals surface area (Å²) in [5, 5.41) is 6.06. The van der Waals surface area contributed by atoms with E-state index >= 15 is 0 Å². The third kappa shape index (κ3) is 4.03. The van der Waals surface area contributed by atoms with Crippen molar-refractivity contribution < 1.29 is 23.5 Å². The van der Waals surface area contributed by atoms with E-state index in [-0.39, 0.29) is 18.4 Å². The first-order chi connectivity index (χ1) is 14.6. The maximum atomic E-state index is 12.2. The van der Waals surface area contributed by atoms with Gasteiger partial charge in [0.2, 0.25) is 11.7 Å². The lowest BCUT2D eigenvalue weighted by Crippen LogP contribution is -2.36. The summed E-state index contributed by atoms with van der Waals surface area (Å²) in [6.45, 7) is 1.18. The van der Waals surface area contributed by atoms with Gasteiger partial charge in [0.15, 0.2) is 11.5 Å². The molecule has 0 fully saturated rings. The Hall–Kier alpha value is -2.91. The van der Waals surface area contributed by atoms with Crippen molar-refractivity contribution in [1.29, 1.82) is 0 Å². The largest absolute Gasteiger partial charge is 0.493 e. The van der Waals surface area contributed by atoms with Gasteiger partial charge in [0.25, 0.3) is 0 Å². The number of rotatable bonds is 7. The minimum Gasteiger partial charge on any atom is -0.493 e. The van der Waals surface area contributed by atoms with Crippen molar-refractivity contribution in [2.75, 3.05) is 27.9 Å². The number of nitrogens with zero attached hydrogens (tertiary/aromatic N) is 3. The highest BCUT2D eigenvalue weighted by Crippen LogP contribution is 2.40. The molecule has 4 rings (SSSR count). The molecule has 1 atom stereocenters. The van der Waals surface area contributed by atoms with Gasteiger partial charge in [-0.1, -0.05) is 11.2 Å². The second kappa shape index (κ2) is 8.85. The van der Waals surface area contributed by atoms with Crippen LogP contribution in [0.5, 0.6) is 11.5 Å². The van der Waals surface area contributed by atoms with Crippen molar-refractivity contribution in [3.63, 3.8) is 0 Å². The fourth-order valence-corrected chi connectivity index (χ4v) is 4.40. The van der Waals surface area contributed by atoms with Gasteiger partial charge in [-0.2, -0.15) is 4.98 Å². The molecule has 8 nitrogen and oxygen atoms in total. The minimum atomic E-state index is -0.280. The lowest BCUT2D eigenvalue weighted by atomic mass is 9.90. The fraction of sp³-hybridized carbons (Fsp3) is 0.381. The number of carbonyl (C=O) groups is 1. The van der Waals surface area contributed by atoms with E-state index in [0.29, 0.717) is 29.8 Å². The number of hydrogen-bond acceptors (Lipinski definition) is 9. The van der Waals surface area contributed by atoms with Crippen LogP contribution in [-0.2, 0) is 22.5 Å². The first kappa shape index (κ1) is 20.4. The molecule has 1 unspecified atom stereocenters. The average molecular weight is 429 g/mol. The minimum absolute atomic E-state index is 0.196. The van der Waals surface area contributed by atoms with Crippen molar-refractivity contribution in [2.45, 2.75) is 25.4 Å². The van der Waals surface area contributed by atoms with Crippen LogP contribution in [0.25, 0.3) is 10.7 Å². The molecule has 0 spiro atoms. The Morgan fingerprint density at radius 3 is 2.77 bits per heavy atom. The number of ether oxygens (including phenoxy) is 3. The van der Waals surface area contributed by atoms with Crippen LogP contribution in [-0.4, -0.2) is 48.9 Å². The van der Waals surface area contributed by atoms with Crippen LogP contribution in [0.1, 0.15) is 29.5 Å². The predicted molar refractivity (Wildman–Crippen MR) is 111 cm³/mol. The smallest absolute Gasteiger partial charge is 0.307 e. The van der Waals surface area contributed by atoms with Gasteiger partial charge in [-0.3, -0.25) is 9.69 Å². The lowest BCUT2D eigenvalue weighted by molar-refractivity contribution is -0.142. The molecular formula is C21H23N3O5S. The quantitative estimate of drug-likeness (QED) is 0.528. The molecule has 9 heteroatoms. The molecular weight excluding hydrogens is 406 g/mol. The highest BCUT2D eigenvalue weighted by molar-refractivity contribution is 7.13. The molecule has 1 aliphatic heterocycles. The zero-order chi connectivity index (χ0) is 21.1. The molecule has 3 aromatic rings. The van der Waals surface area contributed by atoms with E-state index in [1.165, 1.54) is 7.11 Å². The summed E-state index contributed by atoms with van der Waals surface area (Å²) in [6.07, 6.45) is 1.02. The van der Waals surface area contributed by atoms with Crippen molar-refractivity contribution in [3.05, 3.63) is 46.7 Å². The first-order valence-corrected chi connectivity index (χ1v) is 10.4. The van der Waals surface area contributed by atoms with Crippen LogP contribution >= 0.6 is 11.3 Å². The van der Waals surface area contributed by atoms with Crippen molar-refractivity contribution in [2.24, 2.45) is 0 Å². The molecule has 0 aliphatic carbocycles. The monoisotopic (exact) mass is 429 g/mol. The van der Waals surface area contributed by atoms with Crippen LogP contribution in [0.3, 0.4) is 0 Å². The first-order valence-electron chi connectivity index (χ1n) is 9.55. The maximum Gasteiger partial charge on any atom is 0.307 e. The number of benzene rings is 1. The topological polar surface area (TPSA) is 86.9 Å². The Kier molecular flexibility index (Phi) is 6.01. The second-order valence-electron chi connectivity index (χ2n) is 6.91. The fourth-order valence-electron chi connectivity index (χ4n) is 3.75. The molecule has 0 radical (unpaired) electrons. The third-order valence-electron chi connectivity index (χ3n) is 5.25. The van der Waals surface area contributed by atoms with E-state index in [1.807, 2.05) is 29.6 Å². The Bertz CT molecular complexity index is 1020. The summed E-state index contributed by atoms with van der Waals surface area (Å²) < 4.78 is 21.4. The zero-order valence-electron chi connectivity index (χ0n) is 17.1.